The fourth-order valence-corrected chi connectivity index (χ4v) is 3.14. The summed E-state index contributed by atoms with van der Waals surface area (Å²) in [5.41, 5.74) is 6.30. The van der Waals surface area contributed by atoms with Gasteiger partial charge in [0, 0.05) is 21.2 Å². The van der Waals surface area contributed by atoms with Crippen LogP contribution in [-0.4, -0.2) is 4.98 Å². The SMILES string of the molecule is N#Cc1c(N)[nH]c(=O)c(C#N)c1-c1cccc(OCc2ccc(Cl)cc2Cl)c1. The fourth-order valence-electron chi connectivity index (χ4n) is 2.67. The van der Waals surface area contributed by atoms with Crippen LogP contribution in [0.25, 0.3) is 11.1 Å². The third kappa shape index (κ3) is 3.79. The van der Waals surface area contributed by atoms with E-state index in [1.165, 1.54) is 0 Å². The average Bonchev–Trinajstić information content (AvgIpc) is 2.67. The van der Waals surface area contributed by atoms with Crippen LogP contribution in [0.1, 0.15) is 16.7 Å². The van der Waals surface area contributed by atoms with Crippen molar-refractivity contribution in [2.45, 2.75) is 6.61 Å². The topological polar surface area (TPSA) is 116 Å². The molecule has 0 aliphatic carbocycles. The van der Waals surface area contributed by atoms with Gasteiger partial charge in [0.1, 0.15) is 41.4 Å². The molecule has 8 heteroatoms. The van der Waals surface area contributed by atoms with Crippen molar-refractivity contribution >= 4 is 29.0 Å². The number of H-pyrrole nitrogens is 1. The van der Waals surface area contributed by atoms with E-state index in [1.54, 1.807) is 42.5 Å². The Balaban J connectivity index is 2.00. The van der Waals surface area contributed by atoms with Crippen molar-refractivity contribution in [3.05, 3.63) is 79.6 Å². The monoisotopic (exact) mass is 410 g/mol. The first-order chi connectivity index (χ1) is 13.4. The molecule has 28 heavy (non-hydrogen) atoms. The molecule has 0 amide bonds. The number of halogens is 2. The molecule has 1 heterocycles. The molecule has 0 bridgehead atoms. The molecule has 0 spiro atoms. The van der Waals surface area contributed by atoms with Gasteiger partial charge >= 0.3 is 0 Å². The van der Waals surface area contributed by atoms with E-state index in [-0.39, 0.29) is 29.1 Å². The Labute approximate surface area is 170 Å². The molecule has 0 fully saturated rings. The fraction of sp³-hybridized carbons (Fsp3) is 0.0500. The van der Waals surface area contributed by atoms with Crippen molar-refractivity contribution in [2.24, 2.45) is 0 Å². The first kappa shape index (κ1) is 19.3. The molecule has 0 unspecified atom stereocenters. The van der Waals surface area contributed by atoms with Crippen molar-refractivity contribution in [1.82, 2.24) is 4.98 Å². The number of nitrogens with zero attached hydrogens (tertiary/aromatic N) is 2. The standard InChI is InChI=1S/C20H12Cl2N4O2/c21-13-5-4-12(17(22)7-13)10-28-14-3-1-2-11(6-14)18-15(8-23)19(25)26-20(27)16(18)9-24/h1-7H,10H2,(H3,25,26,27). The smallest absolute Gasteiger partial charge is 0.268 e. The molecule has 6 nitrogen and oxygen atoms in total. The number of aromatic nitrogens is 1. The van der Waals surface area contributed by atoms with Crippen molar-refractivity contribution in [3.63, 3.8) is 0 Å². The van der Waals surface area contributed by atoms with Crippen molar-refractivity contribution in [1.29, 1.82) is 10.5 Å². The zero-order chi connectivity index (χ0) is 20.3. The second-order valence-electron chi connectivity index (χ2n) is 5.77. The van der Waals surface area contributed by atoms with Gasteiger partial charge < -0.3 is 15.5 Å². The highest BCUT2D eigenvalue weighted by molar-refractivity contribution is 6.35. The molecule has 3 rings (SSSR count). The number of nitriles is 2. The van der Waals surface area contributed by atoms with E-state index in [9.17, 15) is 15.3 Å². The molecule has 2 aromatic carbocycles. The van der Waals surface area contributed by atoms with Gasteiger partial charge in [-0.25, -0.2) is 0 Å². The molecular formula is C20H12Cl2N4O2. The first-order valence-electron chi connectivity index (χ1n) is 7.97. The summed E-state index contributed by atoms with van der Waals surface area (Å²) in [5, 5.41) is 19.8. The number of hydrogen-bond acceptors (Lipinski definition) is 5. The summed E-state index contributed by atoms with van der Waals surface area (Å²) in [7, 11) is 0. The number of nitrogens with one attached hydrogen (secondary N) is 1. The maximum absolute atomic E-state index is 12.1. The van der Waals surface area contributed by atoms with Crippen LogP contribution in [0.15, 0.2) is 47.3 Å². The third-order valence-corrected chi connectivity index (χ3v) is 4.59. The summed E-state index contributed by atoms with van der Waals surface area (Å²) in [6.45, 7) is 0.188. The van der Waals surface area contributed by atoms with Gasteiger partial charge in [0.2, 0.25) is 0 Å². The van der Waals surface area contributed by atoms with Crippen LogP contribution in [0.4, 0.5) is 5.82 Å². The highest BCUT2D eigenvalue weighted by Gasteiger charge is 2.18. The molecule has 0 saturated carbocycles. The summed E-state index contributed by atoms with van der Waals surface area (Å²) < 4.78 is 5.77. The van der Waals surface area contributed by atoms with Gasteiger partial charge in [0.25, 0.3) is 5.56 Å². The Morgan fingerprint density at radius 2 is 1.82 bits per heavy atom. The molecule has 3 N–H and O–H groups in total. The average molecular weight is 411 g/mol. The van der Waals surface area contributed by atoms with Gasteiger partial charge in [-0.2, -0.15) is 10.5 Å². The molecule has 0 radical (unpaired) electrons. The van der Waals surface area contributed by atoms with Crippen LogP contribution in [0, 0.1) is 22.7 Å². The number of aromatic amines is 1. The summed E-state index contributed by atoms with van der Waals surface area (Å²) in [5.74, 6) is 0.371. The van der Waals surface area contributed by atoms with Crippen LogP contribution < -0.4 is 16.0 Å². The van der Waals surface area contributed by atoms with Gasteiger partial charge in [-0.15, -0.1) is 0 Å². The summed E-state index contributed by atoms with van der Waals surface area (Å²) in [6, 6.07) is 15.5. The maximum atomic E-state index is 12.1. The van der Waals surface area contributed by atoms with Crippen LogP contribution in [0.3, 0.4) is 0 Å². The second-order valence-corrected chi connectivity index (χ2v) is 6.61. The lowest BCUT2D eigenvalue weighted by molar-refractivity contribution is 0.306. The normalized spacial score (nSPS) is 10.1. The molecule has 1 aromatic heterocycles. The number of pyridine rings is 1. The number of rotatable bonds is 4. The van der Waals surface area contributed by atoms with Crippen molar-refractivity contribution in [3.8, 4) is 29.0 Å². The van der Waals surface area contributed by atoms with Gasteiger partial charge in [-0.1, -0.05) is 41.4 Å². The molecule has 138 valence electrons. The predicted octanol–water partition coefficient (Wildman–Crippen LogP) is 4.25. The zero-order valence-corrected chi connectivity index (χ0v) is 15.8. The summed E-state index contributed by atoms with van der Waals surface area (Å²) in [4.78, 5) is 14.4. The largest absolute Gasteiger partial charge is 0.489 e. The molecular weight excluding hydrogens is 399 g/mol. The summed E-state index contributed by atoms with van der Waals surface area (Å²) in [6.07, 6.45) is 0. The Kier molecular flexibility index (Phi) is 5.56. The minimum Gasteiger partial charge on any atom is -0.489 e. The maximum Gasteiger partial charge on any atom is 0.268 e. The van der Waals surface area contributed by atoms with Gasteiger partial charge in [0.15, 0.2) is 0 Å². The van der Waals surface area contributed by atoms with Crippen molar-refractivity contribution < 1.29 is 4.74 Å². The van der Waals surface area contributed by atoms with E-state index in [1.807, 2.05) is 12.1 Å². The van der Waals surface area contributed by atoms with Crippen molar-refractivity contribution in [2.75, 3.05) is 5.73 Å². The summed E-state index contributed by atoms with van der Waals surface area (Å²) >= 11 is 12.0. The lowest BCUT2D eigenvalue weighted by Gasteiger charge is -2.12. The zero-order valence-electron chi connectivity index (χ0n) is 14.3. The Morgan fingerprint density at radius 1 is 1.07 bits per heavy atom. The Morgan fingerprint density at radius 3 is 2.50 bits per heavy atom. The van der Waals surface area contributed by atoms with E-state index < -0.39 is 5.56 Å². The number of benzene rings is 2. The van der Waals surface area contributed by atoms with Crippen LogP contribution in [-0.2, 0) is 6.61 Å². The highest BCUT2D eigenvalue weighted by Crippen LogP contribution is 2.31. The number of hydrogen-bond donors (Lipinski definition) is 2. The van der Waals surface area contributed by atoms with Gasteiger partial charge in [-0.05, 0) is 29.8 Å². The second kappa shape index (κ2) is 8.06. The first-order valence-corrected chi connectivity index (χ1v) is 8.73. The van der Waals surface area contributed by atoms with E-state index >= 15 is 0 Å². The predicted molar refractivity (Wildman–Crippen MR) is 107 cm³/mol. The van der Waals surface area contributed by atoms with Crippen LogP contribution in [0.2, 0.25) is 10.0 Å². The van der Waals surface area contributed by atoms with E-state index in [0.717, 1.165) is 5.56 Å². The molecule has 0 aliphatic rings. The lowest BCUT2D eigenvalue weighted by atomic mass is 9.96. The molecule has 3 aromatic rings. The molecule has 0 aliphatic heterocycles. The molecule has 0 atom stereocenters. The van der Waals surface area contributed by atoms with Crippen LogP contribution >= 0.6 is 23.2 Å². The minimum atomic E-state index is -0.659. The number of nitrogens with two attached hydrogens (primary N) is 1. The highest BCUT2D eigenvalue weighted by atomic mass is 35.5. The number of anilines is 1. The number of ether oxygens (including phenoxy) is 1. The van der Waals surface area contributed by atoms with E-state index in [2.05, 4.69) is 4.98 Å². The van der Waals surface area contributed by atoms with Gasteiger partial charge in [0.05, 0.1) is 0 Å². The third-order valence-electron chi connectivity index (χ3n) is 4.00. The lowest BCUT2D eigenvalue weighted by Crippen LogP contribution is -2.16. The minimum absolute atomic E-state index is 0.0223. The molecule has 0 saturated heterocycles. The van der Waals surface area contributed by atoms with Crippen LogP contribution in [0.5, 0.6) is 5.75 Å². The van der Waals surface area contributed by atoms with E-state index in [4.69, 9.17) is 33.7 Å². The van der Waals surface area contributed by atoms with Gasteiger partial charge in [-0.3, -0.25) is 4.79 Å². The quantitative estimate of drug-likeness (QED) is 0.666. The number of nitrogen functional groups attached to an aromatic ring is 1. The Hall–Kier alpha value is -3.45. The van der Waals surface area contributed by atoms with E-state index in [0.29, 0.717) is 21.4 Å². The Bertz CT molecular complexity index is 1210.